The van der Waals surface area contributed by atoms with Gasteiger partial charge in [0.1, 0.15) is 0 Å². The molecule has 44 heavy (non-hydrogen) atoms. The van der Waals surface area contributed by atoms with Gasteiger partial charge in [0.05, 0.1) is 46.4 Å². The van der Waals surface area contributed by atoms with Crippen molar-refractivity contribution >= 4 is 23.8 Å². The number of carbonyl (C=O) groups excluding carboxylic acids is 3. The van der Waals surface area contributed by atoms with E-state index in [2.05, 4.69) is 0 Å². The number of nitrogens with zero attached hydrogens (tertiary/aromatic N) is 2. The van der Waals surface area contributed by atoms with Gasteiger partial charge in [0.25, 0.3) is 0 Å². The molecule has 1 atom stereocenters. The lowest BCUT2D eigenvalue weighted by Crippen LogP contribution is -2.28. The summed E-state index contributed by atoms with van der Waals surface area (Å²) in [5.41, 5.74) is 3.82. The van der Waals surface area contributed by atoms with Crippen LogP contribution in [0.25, 0.3) is 0 Å². The minimum atomic E-state index is -0.992. The summed E-state index contributed by atoms with van der Waals surface area (Å²) in [6, 6.07) is 7.49. The van der Waals surface area contributed by atoms with E-state index in [0.29, 0.717) is 75.4 Å². The molecular formula is C32H40N2O10. The van der Waals surface area contributed by atoms with Gasteiger partial charge in [0.2, 0.25) is 11.8 Å². The molecule has 4 rings (SSSR count). The van der Waals surface area contributed by atoms with Gasteiger partial charge in [-0.15, -0.1) is 0 Å². The molecule has 12 nitrogen and oxygen atoms in total. The van der Waals surface area contributed by atoms with Gasteiger partial charge in [-0.05, 0) is 53.4 Å². The number of esters is 1. The van der Waals surface area contributed by atoms with Crippen molar-refractivity contribution in [1.29, 1.82) is 0 Å². The molecule has 0 saturated carbocycles. The first-order valence-corrected chi connectivity index (χ1v) is 14.7. The van der Waals surface area contributed by atoms with E-state index in [1.165, 1.54) is 6.92 Å². The Labute approximate surface area is 256 Å². The Balaban J connectivity index is 1.28. The Bertz CT molecular complexity index is 1390. The van der Waals surface area contributed by atoms with E-state index in [4.69, 9.17) is 28.8 Å². The number of fused-ring (bicyclic) bond motifs is 2. The summed E-state index contributed by atoms with van der Waals surface area (Å²) in [6.07, 6.45) is 0.677. The molecule has 2 aromatic rings. The lowest BCUT2D eigenvalue weighted by molar-refractivity contribution is -0.145. The summed E-state index contributed by atoms with van der Waals surface area (Å²) < 4.78 is 28.0. The topological polar surface area (TPSA) is 141 Å². The molecule has 0 radical (unpaired) electrons. The summed E-state index contributed by atoms with van der Waals surface area (Å²) >= 11 is 0. The fourth-order valence-corrected chi connectivity index (χ4v) is 5.21. The van der Waals surface area contributed by atoms with Crippen molar-refractivity contribution in [2.45, 2.75) is 65.7 Å². The molecule has 238 valence electrons. The van der Waals surface area contributed by atoms with Gasteiger partial charge in [0, 0.05) is 45.4 Å². The maximum Gasteiger partial charge on any atom is 0.306 e. The molecule has 2 amide bonds. The monoisotopic (exact) mass is 612 g/mol. The van der Waals surface area contributed by atoms with E-state index in [0.717, 1.165) is 22.3 Å². The number of ether oxygens (including phenoxy) is 5. The third kappa shape index (κ3) is 7.91. The van der Waals surface area contributed by atoms with Crippen LogP contribution in [0.5, 0.6) is 23.0 Å². The van der Waals surface area contributed by atoms with E-state index in [9.17, 15) is 19.2 Å². The molecule has 2 heterocycles. The Morgan fingerprint density at radius 3 is 1.64 bits per heavy atom. The summed E-state index contributed by atoms with van der Waals surface area (Å²) in [5.74, 6) is -0.169. The van der Waals surface area contributed by atoms with Crippen LogP contribution in [0.1, 0.15) is 61.8 Å². The van der Waals surface area contributed by atoms with Crippen molar-refractivity contribution < 1.29 is 48.0 Å². The first kappa shape index (κ1) is 32.4. The Hall–Kier alpha value is -4.48. The third-order valence-corrected chi connectivity index (χ3v) is 7.68. The average molecular weight is 613 g/mol. The zero-order valence-corrected chi connectivity index (χ0v) is 25.7. The predicted octanol–water partition coefficient (Wildman–Crippen LogP) is 3.69. The van der Waals surface area contributed by atoms with Gasteiger partial charge in [0.15, 0.2) is 23.0 Å². The number of carbonyl (C=O) groups is 4. The Kier molecular flexibility index (Phi) is 10.9. The van der Waals surface area contributed by atoms with Crippen LogP contribution in [0, 0.1) is 5.92 Å². The van der Waals surface area contributed by atoms with Gasteiger partial charge < -0.3 is 38.6 Å². The lowest BCUT2D eigenvalue weighted by Gasteiger charge is -2.16. The zero-order chi connectivity index (χ0) is 31.8. The minimum absolute atomic E-state index is 0.0493. The Morgan fingerprint density at radius 2 is 1.20 bits per heavy atom. The van der Waals surface area contributed by atoms with Gasteiger partial charge in [-0.25, -0.2) is 0 Å². The van der Waals surface area contributed by atoms with Gasteiger partial charge in [-0.2, -0.15) is 0 Å². The van der Waals surface area contributed by atoms with Crippen LogP contribution in [0.3, 0.4) is 0 Å². The molecule has 0 saturated heterocycles. The number of amides is 2. The maximum absolute atomic E-state index is 12.6. The van der Waals surface area contributed by atoms with Crippen LogP contribution in [0.2, 0.25) is 0 Å². The summed E-state index contributed by atoms with van der Waals surface area (Å²) in [6.45, 7) is 5.91. The number of hydrogen-bond acceptors (Lipinski definition) is 9. The molecule has 2 aliphatic heterocycles. The van der Waals surface area contributed by atoms with Crippen LogP contribution in [-0.4, -0.2) is 72.7 Å². The normalized spacial score (nSPS) is 14.0. The molecule has 0 fully saturated rings. The third-order valence-electron chi connectivity index (χ3n) is 7.68. The van der Waals surface area contributed by atoms with Gasteiger partial charge in [-0.1, -0.05) is 6.92 Å². The van der Waals surface area contributed by atoms with Gasteiger partial charge in [-0.3, -0.25) is 19.2 Å². The summed E-state index contributed by atoms with van der Waals surface area (Å²) in [4.78, 5) is 51.3. The largest absolute Gasteiger partial charge is 0.493 e. The zero-order valence-electron chi connectivity index (χ0n) is 25.7. The standard InChI is InChI=1S/C32H40N2O10/c1-5-42-31(37)8-7-29(35)33-16-21-12-25(40-3)27(14-23(21)17-33)43-9-6-10-44-28-15-24-19-34(18-22(24)13-26(28)41-4)30(36)11-20(2)32(38)39/h12-15,20H,5-11,16-19H2,1-4H3,(H,38,39)/t20-/m0/s1. The van der Waals surface area contributed by atoms with E-state index >= 15 is 0 Å². The minimum Gasteiger partial charge on any atom is -0.493 e. The van der Waals surface area contributed by atoms with Crippen molar-refractivity contribution in [2.24, 2.45) is 5.92 Å². The van der Waals surface area contributed by atoms with E-state index < -0.39 is 11.9 Å². The van der Waals surface area contributed by atoms with Crippen LogP contribution in [-0.2, 0) is 50.1 Å². The van der Waals surface area contributed by atoms with Crippen molar-refractivity contribution in [3.05, 3.63) is 46.5 Å². The highest BCUT2D eigenvalue weighted by Gasteiger charge is 2.28. The van der Waals surface area contributed by atoms with Crippen LogP contribution in [0.4, 0.5) is 0 Å². The quantitative estimate of drug-likeness (QED) is 0.234. The summed E-state index contributed by atoms with van der Waals surface area (Å²) in [5, 5.41) is 9.13. The second-order valence-corrected chi connectivity index (χ2v) is 10.8. The van der Waals surface area contributed by atoms with Crippen molar-refractivity contribution in [3.8, 4) is 23.0 Å². The molecule has 0 spiro atoms. The molecule has 0 bridgehead atoms. The number of benzene rings is 2. The van der Waals surface area contributed by atoms with Crippen LogP contribution >= 0.6 is 0 Å². The van der Waals surface area contributed by atoms with Crippen molar-refractivity contribution in [1.82, 2.24) is 9.80 Å². The number of hydrogen-bond donors (Lipinski definition) is 1. The average Bonchev–Trinajstić information content (AvgIpc) is 3.62. The first-order valence-electron chi connectivity index (χ1n) is 14.7. The fraction of sp³-hybridized carbons (Fsp3) is 0.500. The first-order chi connectivity index (χ1) is 21.1. The number of carboxylic acid groups (broad SMARTS) is 1. The number of aliphatic carboxylic acids is 1. The molecule has 1 N–H and O–H groups in total. The van der Waals surface area contributed by atoms with Crippen molar-refractivity contribution in [3.63, 3.8) is 0 Å². The second kappa shape index (κ2) is 14.8. The van der Waals surface area contributed by atoms with Crippen LogP contribution in [0.15, 0.2) is 24.3 Å². The van der Waals surface area contributed by atoms with Gasteiger partial charge >= 0.3 is 11.9 Å². The van der Waals surface area contributed by atoms with E-state index in [-0.39, 0.29) is 37.0 Å². The van der Waals surface area contributed by atoms with Crippen LogP contribution < -0.4 is 18.9 Å². The summed E-state index contributed by atoms with van der Waals surface area (Å²) in [7, 11) is 3.12. The molecule has 0 aliphatic carbocycles. The number of carboxylic acids is 1. The van der Waals surface area contributed by atoms with Crippen molar-refractivity contribution in [2.75, 3.05) is 34.0 Å². The molecule has 0 aromatic heterocycles. The molecule has 2 aromatic carbocycles. The highest BCUT2D eigenvalue weighted by Crippen LogP contribution is 2.37. The molecular weight excluding hydrogens is 572 g/mol. The fourth-order valence-electron chi connectivity index (χ4n) is 5.21. The maximum atomic E-state index is 12.6. The number of methoxy groups -OCH3 is 2. The smallest absolute Gasteiger partial charge is 0.306 e. The molecule has 2 aliphatic rings. The van der Waals surface area contributed by atoms with E-state index in [1.54, 1.807) is 30.9 Å². The highest BCUT2D eigenvalue weighted by atomic mass is 16.5. The molecule has 12 heteroatoms. The second-order valence-electron chi connectivity index (χ2n) is 10.8. The number of rotatable bonds is 15. The lowest BCUT2D eigenvalue weighted by atomic mass is 10.1. The predicted molar refractivity (Wildman–Crippen MR) is 157 cm³/mol. The Morgan fingerprint density at radius 1 is 0.750 bits per heavy atom. The highest BCUT2D eigenvalue weighted by molar-refractivity contribution is 5.83. The molecule has 0 unspecified atom stereocenters. The SMILES string of the molecule is CCOC(=O)CCC(=O)N1Cc2cc(OC)c(OCCCOc3cc4c(cc3OC)CN(C(=O)C[C@H](C)C(=O)O)C4)cc2C1. The van der Waals surface area contributed by atoms with E-state index in [1.807, 2.05) is 24.3 Å².